The highest BCUT2D eigenvalue weighted by molar-refractivity contribution is 5.09. The second kappa shape index (κ2) is 2.98. The molecule has 0 spiro atoms. The Morgan fingerprint density at radius 2 is 1.93 bits per heavy atom. The average Bonchev–Trinajstić information content (AvgIpc) is 2.59. The lowest BCUT2D eigenvalue weighted by molar-refractivity contribution is -0.00296. The first kappa shape index (κ1) is 10.5. The SMILES string of the molecule is CC(C)C12CCC(CN1C(C)(C)C)C2. The van der Waals surface area contributed by atoms with Crippen LogP contribution in [-0.2, 0) is 0 Å². The highest BCUT2D eigenvalue weighted by atomic mass is 15.3. The maximum Gasteiger partial charge on any atom is 0.0241 e. The Morgan fingerprint density at radius 1 is 1.29 bits per heavy atom. The molecule has 0 amide bonds. The molecule has 1 aliphatic carbocycles. The molecule has 1 saturated carbocycles. The minimum atomic E-state index is 0.361. The van der Waals surface area contributed by atoms with E-state index in [9.17, 15) is 0 Å². The highest BCUT2D eigenvalue weighted by Crippen LogP contribution is 2.52. The monoisotopic (exact) mass is 195 g/mol. The number of fused-ring (bicyclic) bond motifs is 2. The molecule has 2 bridgehead atoms. The fraction of sp³-hybridized carbons (Fsp3) is 1.00. The van der Waals surface area contributed by atoms with Crippen molar-refractivity contribution in [3.8, 4) is 0 Å². The summed E-state index contributed by atoms with van der Waals surface area (Å²) in [5, 5.41) is 0. The van der Waals surface area contributed by atoms with Gasteiger partial charge in [-0.3, -0.25) is 4.90 Å². The summed E-state index contributed by atoms with van der Waals surface area (Å²) in [4.78, 5) is 2.79. The van der Waals surface area contributed by atoms with Crippen molar-refractivity contribution in [1.29, 1.82) is 0 Å². The molecule has 14 heavy (non-hydrogen) atoms. The number of piperidine rings is 1. The molecule has 2 atom stereocenters. The number of hydrogen-bond acceptors (Lipinski definition) is 1. The first-order chi connectivity index (χ1) is 6.36. The van der Waals surface area contributed by atoms with Crippen LogP contribution in [0, 0.1) is 11.8 Å². The predicted molar refractivity (Wildman–Crippen MR) is 61.4 cm³/mol. The molecule has 2 rings (SSSR count). The minimum absolute atomic E-state index is 0.361. The van der Waals surface area contributed by atoms with E-state index in [4.69, 9.17) is 0 Å². The average molecular weight is 195 g/mol. The second-order valence-electron chi connectivity index (χ2n) is 6.65. The topological polar surface area (TPSA) is 3.24 Å². The van der Waals surface area contributed by atoms with Crippen LogP contribution in [-0.4, -0.2) is 22.5 Å². The van der Waals surface area contributed by atoms with E-state index in [0.29, 0.717) is 11.1 Å². The molecule has 1 nitrogen and oxygen atoms in total. The van der Waals surface area contributed by atoms with Crippen LogP contribution < -0.4 is 0 Å². The normalized spacial score (nSPS) is 38.6. The van der Waals surface area contributed by atoms with Crippen LogP contribution in [0.5, 0.6) is 0 Å². The van der Waals surface area contributed by atoms with E-state index in [1.807, 2.05) is 0 Å². The van der Waals surface area contributed by atoms with E-state index >= 15 is 0 Å². The lowest BCUT2D eigenvalue weighted by Gasteiger charge is -2.49. The summed E-state index contributed by atoms with van der Waals surface area (Å²) < 4.78 is 0. The third-order valence-electron chi connectivity index (χ3n) is 4.49. The number of nitrogens with zero attached hydrogens (tertiary/aromatic N) is 1. The van der Waals surface area contributed by atoms with Crippen LogP contribution in [0.15, 0.2) is 0 Å². The highest BCUT2D eigenvalue weighted by Gasteiger charge is 2.54. The van der Waals surface area contributed by atoms with Gasteiger partial charge in [-0.15, -0.1) is 0 Å². The van der Waals surface area contributed by atoms with Crippen molar-refractivity contribution < 1.29 is 0 Å². The zero-order valence-electron chi connectivity index (χ0n) is 10.4. The fourth-order valence-electron chi connectivity index (χ4n) is 3.78. The lowest BCUT2D eigenvalue weighted by Crippen LogP contribution is -2.56. The van der Waals surface area contributed by atoms with Gasteiger partial charge in [-0.1, -0.05) is 13.8 Å². The molecule has 0 aromatic rings. The molecule has 2 unspecified atom stereocenters. The minimum Gasteiger partial charge on any atom is -0.292 e. The van der Waals surface area contributed by atoms with Crippen molar-refractivity contribution in [2.45, 2.75) is 65.0 Å². The molecule has 0 aromatic heterocycles. The van der Waals surface area contributed by atoms with E-state index in [2.05, 4.69) is 39.5 Å². The summed E-state index contributed by atoms with van der Waals surface area (Å²) >= 11 is 0. The van der Waals surface area contributed by atoms with Gasteiger partial charge in [0.25, 0.3) is 0 Å². The van der Waals surface area contributed by atoms with E-state index in [-0.39, 0.29) is 0 Å². The molecule has 0 aromatic carbocycles. The van der Waals surface area contributed by atoms with Gasteiger partial charge >= 0.3 is 0 Å². The molecule has 1 heterocycles. The summed E-state index contributed by atoms with van der Waals surface area (Å²) in [7, 11) is 0. The van der Waals surface area contributed by atoms with Crippen molar-refractivity contribution in [1.82, 2.24) is 4.90 Å². The summed E-state index contributed by atoms with van der Waals surface area (Å²) in [6.07, 6.45) is 4.37. The summed E-state index contributed by atoms with van der Waals surface area (Å²) in [6, 6.07) is 0. The predicted octanol–water partition coefficient (Wildman–Crippen LogP) is 3.30. The Hall–Kier alpha value is -0.0400. The first-order valence-electron chi connectivity index (χ1n) is 6.14. The van der Waals surface area contributed by atoms with Gasteiger partial charge in [0.05, 0.1) is 0 Å². The van der Waals surface area contributed by atoms with Crippen LogP contribution in [0.4, 0.5) is 0 Å². The largest absolute Gasteiger partial charge is 0.292 e. The third kappa shape index (κ3) is 1.32. The molecule has 0 N–H and O–H groups in total. The van der Waals surface area contributed by atoms with Gasteiger partial charge in [0.1, 0.15) is 0 Å². The third-order valence-corrected chi connectivity index (χ3v) is 4.49. The maximum atomic E-state index is 2.79. The van der Waals surface area contributed by atoms with E-state index in [1.165, 1.54) is 25.8 Å². The van der Waals surface area contributed by atoms with Gasteiger partial charge in [-0.25, -0.2) is 0 Å². The number of rotatable bonds is 1. The van der Waals surface area contributed by atoms with E-state index in [1.54, 1.807) is 0 Å². The van der Waals surface area contributed by atoms with Crippen LogP contribution in [0.25, 0.3) is 0 Å². The van der Waals surface area contributed by atoms with Crippen molar-refractivity contribution in [3.63, 3.8) is 0 Å². The van der Waals surface area contributed by atoms with Crippen LogP contribution >= 0.6 is 0 Å². The molecule has 0 radical (unpaired) electrons. The Bertz CT molecular complexity index is 226. The lowest BCUT2D eigenvalue weighted by atomic mass is 9.81. The Morgan fingerprint density at radius 3 is 2.29 bits per heavy atom. The van der Waals surface area contributed by atoms with Crippen molar-refractivity contribution in [3.05, 3.63) is 0 Å². The number of likely N-dealkylation sites (tertiary alicyclic amines) is 1. The van der Waals surface area contributed by atoms with Gasteiger partial charge in [0, 0.05) is 17.6 Å². The first-order valence-corrected chi connectivity index (χ1v) is 6.14. The molecular weight excluding hydrogens is 170 g/mol. The molecule has 1 saturated heterocycles. The van der Waals surface area contributed by atoms with Crippen LogP contribution in [0.2, 0.25) is 0 Å². The van der Waals surface area contributed by atoms with Crippen molar-refractivity contribution in [2.75, 3.05) is 6.54 Å². The molecule has 2 aliphatic rings. The molecule has 1 heteroatoms. The summed E-state index contributed by atoms with van der Waals surface area (Å²) in [5.74, 6) is 1.81. The number of hydrogen-bond donors (Lipinski definition) is 0. The molecule has 82 valence electrons. The van der Waals surface area contributed by atoms with Crippen LogP contribution in [0.3, 0.4) is 0 Å². The fourth-order valence-corrected chi connectivity index (χ4v) is 3.78. The smallest absolute Gasteiger partial charge is 0.0241 e. The zero-order valence-corrected chi connectivity index (χ0v) is 10.4. The summed E-state index contributed by atoms with van der Waals surface area (Å²) in [5.41, 5.74) is 0.905. The van der Waals surface area contributed by atoms with Gasteiger partial charge in [-0.05, 0) is 51.9 Å². The second-order valence-corrected chi connectivity index (χ2v) is 6.65. The molecule has 2 fully saturated rings. The van der Waals surface area contributed by atoms with E-state index in [0.717, 1.165) is 11.8 Å². The van der Waals surface area contributed by atoms with Crippen LogP contribution in [0.1, 0.15) is 53.9 Å². The Kier molecular flexibility index (Phi) is 2.23. The maximum absolute atomic E-state index is 2.79. The molecular formula is C13H25N. The summed E-state index contributed by atoms with van der Waals surface area (Å²) in [6.45, 7) is 13.3. The van der Waals surface area contributed by atoms with Gasteiger partial charge in [-0.2, -0.15) is 0 Å². The Labute approximate surface area is 88.9 Å². The zero-order chi connectivity index (χ0) is 10.6. The molecule has 1 aliphatic heterocycles. The van der Waals surface area contributed by atoms with Gasteiger partial charge < -0.3 is 0 Å². The van der Waals surface area contributed by atoms with Gasteiger partial charge in [0.15, 0.2) is 0 Å². The van der Waals surface area contributed by atoms with Crippen molar-refractivity contribution in [2.24, 2.45) is 11.8 Å². The Balaban J connectivity index is 2.28. The van der Waals surface area contributed by atoms with Gasteiger partial charge in [0.2, 0.25) is 0 Å². The standard InChI is InChI=1S/C13H25N/c1-10(2)13-7-6-11(8-13)9-14(13)12(3,4)5/h10-11H,6-9H2,1-5H3. The van der Waals surface area contributed by atoms with E-state index < -0.39 is 0 Å². The quantitative estimate of drug-likeness (QED) is 0.620. The van der Waals surface area contributed by atoms with Crippen molar-refractivity contribution >= 4 is 0 Å².